The van der Waals surface area contributed by atoms with Crippen molar-refractivity contribution in [3.05, 3.63) is 79.5 Å². The van der Waals surface area contributed by atoms with Gasteiger partial charge in [-0.25, -0.2) is 13.9 Å². The summed E-state index contributed by atoms with van der Waals surface area (Å²) in [6.07, 6.45) is 0. The maximum absolute atomic E-state index is 13.8. The number of carbonyl (C=O) groups is 2. The molecule has 1 amide bonds. The minimum atomic E-state index is -0.903. The molecule has 4 rings (SSSR count). The van der Waals surface area contributed by atoms with Gasteiger partial charge in [-0.05, 0) is 68.0 Å². The van der Waals surface area contributed by atoms with Crippen molar-refractivity contribution in [2.75, 3.05) is 6.54 Å². The van der Waals surface area contributed by atoms with E-state index in [4.69, 9.17) is 0 Å². The molecule has 4 aromatic rings. The fourth-order valence-electron chi connectivity index (χ4n) is 4.46. The summed E-state index contributed by atoms with van der Waals surface area (Å²) in [6.45, 7) is 14.3. The summed E-state index contributed by atoms with van der Waals surface area (Å²) in [4.78, 5) is 53.4. The molecule has 0 fully saturated rings. The first kappa shape index (κ1) is 27.0. The Morgan fingerprint density at radius 3 is 2.21 bits per heavy atom. The number of aryl methyl sites for hydroxylation is 2. The standard InChI is InChI=1S/C29H35N5O4/c1-16(2)14-30-26(36)22-10-11-23-24(13-22)33-28(32(27(23)37)15-17(3)4)31-34(29(33)38)20(7)25(35)21-9-8-18(5)19(6)12-21/h8-13,16-17,20H,14-15H2,1-7H3,(H,30,36). The van der Waals surface area contributed by atoms with Gasteiger partial charge in [-0.15, -0.1) is 5.10 Å². The van der Waals surface area contributed by atoms with Crippen LogP contribution in [0.1, 0.15) is 72.5 Å². The minimum Gasteiger partial charge on any atom is -0.352 e. The Kier molecular flexibility index (Phi) is 7.40. The second-order valence-electron chi connectivity index (χ2n) is 10.8. The molecule has 1 atom stereocenters. The third kappa shape index (κ3) is 4.92. The van der Waals surface area contributed by atoms with Crippen LogP contribution in [-0.2, 0) is 6.54 Å². The molecule has 2 aromatic carbocycles. The molecule has 0 aliphatic heterocycles. The molecule has 1 unspecified atom stereocenters. The number of hydrogen-bond donors (Lipinski definition) is 1. The van der Waals surface area contributed by atoms with E-state index in [1.165, 1.54) is 8.97 Å². The van der Waals surface area contributed by atoms with Crippen LogP contribution in [0.3, 0.4) is 0 Å². The van der Waals surface area contributed by atoms with Crippen LogP contribution in [0.25, 0.3) is 16.7 Å². The van der Waals surface area contributed by atoms with Gasteiger partial charge in [-0.1, -0.05) is 39.8 Å². The first-order chi connectivity index (χ1) is 17.9. The number of benzene rings is 2. The van der Waals surface area contributed by atoms with E-state index in [9.17, 15) is 19.2 Å². The fraction of sp³-hybridized carbons (Fsp3) is 0.414. The van der Waals surface area contributed by atoms with Gasteiger partial charge >= 0.3 is 5.69 Å². The van der Waals surface area contributed by atoms with Crippen LogP contribution >= 0.6 is 0 Å². The quantitative estimate of drug-likeness (QED) is 0.357. The second kappa shape index (κ2) is 10.4. The number of nitrogens with zero attached hydrogens (tertiary/aromatic N) is 4. The van der Waals surface area contributed by atoms with Crippen LogP contribution in [0.4, 0.5) is 0 Å². The van der Waals surface area contributed by atoms with Gasteiger partial charge in [0.2, 0.25) is 5.78 Å². The normalized spacial score (nSPS) is 12.6. The van der Waals surface area contributed by atoms with Crippen LogP contribution in [0.5, 0.6) is 0 Å². The molecule has 0 radical (unpaired) electrons. The number of nitrogens with one attached hydrogen (secondary N) is 1. The van der Waals surface area contributed by atoms with Crippen molar-refractivity contribution < 1.29 is 9.59 Å². The number of fused-ring (bicyclic) bond motifs is 3. The molecule has 200 valence electrons. The predicted octanol–water partition coefficient (Wildman–Crippen LogP) is 3.91. The highest BCUT2D eigenvalue weighted by Gasteiger charge is 2.25. The molecule has 0 bridgehead atoms. The molecule has 2 heterocycles. The van der Waals surface area contributed by atoms with Crippen molar-refractivity contribution in [1.82, 2.24) is 24.1 Å². The molecule has 0 saturated heterocycles. The molecule has 1 N–H and O–H groups in total. The summed E-state index contributed by atoms with van der Waals surface area (Å²) in [6, 6.07) is 9.23. The smallest absolute Gasteiger partial charge is 0.352 e. The fourth-order valence-corrected chi connectivity index (χ4v) is 4.46. The zero-order valence-corrected chi connectivity index (χ0v) is 23.0. The SMILES string of the molecule is Cc1ccc(C(=O)C(C)n2nc3n(CC(C)C)c(=O)c4ccc(C(=O)NCC(C)C)cc4n3c2=O)cc1C. The van der Waals surface area contributed by atoms with E-state index in [0.717, 1.165) is 15.8 Å². The van der Waals surface area contributed by atoms with E-state index in [1.807, 2.05) is 47.6 Å². The number of hydrogen-bond acceptors (Lipinski definition) is 5. The van der Waals surface area contributed by atoms with Crippen molar-refractivity contribution in [3.8, 4) is 0 Å². The lowest BCUT2D eigenvalue weighted by atomic mass is 10.0. The van der Waals surface area contributed by atoms with Gasteiger partial charge < -0.3 is 5.32 Å². The van der Waals surface area contributed by atoms with Crippen LogP contribution in [0.2, 0.25) is 0 Å². The lowest BCUT2D eigenvalue weighted by Crippen LogP contribution is -2.31. The Morgan fingerprint density at radius 2 is 1.58 bits per heavy atom. The van der Waals surface area contributed by atoms with Crippen molar-refractivity contribution in [3.63, 3.8) is 0 Å². The van der Waals surface area contributed by atoms with Crippen molar-refractivity contribution >= 4 is 28.4 Å². The largest absolute Gasteiger partial charge is 0.352 e. The zero-order valence-electron chi connectivity index (χ0n) is 23.0. The van der Waals surface area contributed by atoms with Crippen molar-refractivity contribution in [2.24, 2.45) is 11.8 Å². The van der Waals surface area contributed by atoms with Gasteiger partial charge in [0.25, 0.3) is 11.5 Å². The average Bonchev–Trinajstić information content (AvgIpc) is 3.22. The lowest BCUT2D eigenvalue weighted by Gasteiger charge is -2.13. The highest BCUT2D eigenvalue weighted by atomic mass is 16.2. The molecular formula is C29H35N5O4. The maximum atomic E-state index is 13.8. The van der Waals surface area contributed by atoms with Crippen LogP contribution in [0, 0.1) is 25.7 Å². The van der Waals surface area contributed by atoms with Crippen LogP contribution in [-0.4, -0.2) is 37.0 Å². The summed E-state index contributed by atoms with van der Waals surface area (Å²) in [7, 11) is 0. The Morgan fingerprint density at radius 1 is 0.895 bits per heavy atom. The van der Waals surface area contributed by atoms with Crippen LogP contribution in [0.15, 0.2) is 46.0 Å². The number of ketones is 1. The van der Waals surface area contributed by atoms with E-state index < -0.39 is 11.7 Å². The number of aromatic nitrogens is 4. The molecule has 2 aromatic heterocycles. The number of carbonyl (C=O) groups excluding carboxylic acids is 2. The molecular weight excluding hydrogens is 482 g/mol. The average molecular weight is 518 g/mol. The summed E-state index contributed by atoms with van der Waals surface area (Å²) in [5.41, 5.74) is 2.29. The lowest BCUT2D eigenvalue weighted by molar-refractivity contribution is 0.0923. The van der Waals surface area contributed by atoms with Crippen molar-refractivity contribution in [1.29, 1.82) is 0 Å². The van der Waals surface area contributed by atoms with Gasteiger partial charge in [0, 0.05) is 24.2 Å². The summed E-state index contributed by atoms with van der Waals surface area (Å²) < 4.78 is 3.94. The van der Waals surface area contributed by atoms with Gasteiger partial charge in [0.1, 0.15) is 6.04 Å². The number of rotatable bonds is 8. The van der Waals surface area contributed by atoms with E-state index in [2.05, 4.69) is 10.4 Å². The molecule has 0 aliphatic carbocycles. The van der Waals surface area contributed by atoms with Gasteiger partial charge in [0.15, 0.2) is 5.78 Å². The zero-order chi connectivity index (χ0) is 27.9. The molecule has 9 heteroatoms. The first-order valence-corrected chi connectivity index (χ1v) is 13.0. The third-order valence-electron chi connectivity index (χ3n) is 6.76. The summed E-state index contributed by atoms with van der Waals surface area (Å²) in [5.74, 6) is -0.0367. The first-order valence-electron chi connectivity index (χ1n) is 13.0. The van der Waals surface area contributed by atoms with E-state index in [0.29, 0.717) is 29.6 Å². The van der Waals surface area contributed by atoms with Gasteiger partial charge in [-0.3, -0.25) is 19.0 Å². The Bertz CT molecular complexity index is 1670. The number of amides is 1. The molecule has 9 nitrogen and oxygen atoms in total. The predicted molar refractivity (Wildman–Crippen MR) is 148 cm³/mol. The highest BCUT2D eigenvalue weighted by molar-refractivity contribution is 5.99. The molecule has 0 aliphatic rings. The van der Waals surface area contributed by atoms with E-state index >= 15 is 0 Å². The minimum absolute atomic E-state index is 0.102. The van der Waals surface area contributed by atoms with Gasteiger partial charge in [0.05, 0.1) is 10.9 Å². The number of Topliss-reactive ketones (excluding diaryl/α,β-unsaturated/α-hetero) is 1. The Balaban J connectivity index is 1.93. The van der Waals surface area contributed by atoms with E-state index in [-0.39, 0.29) is 40.4 Å². The second-order valence-corrected chi connectivity index (χ2v) is 10.8. The topological polar surface area (TPSA) is 107 Å². The highest BCUT2D eigenvalue weighted by Crippen LogP contribution is 2.19. The summed E-state index contributed by atoms with van der Waals surface area (Å²) in [5, 5.41) is 7.67. The Hall–Kier alpha value is -4.01. The molecule has 0 saturated carbocycles. The molecule has 0 spiro atoms. The van der Waals surface area contributed by atoms with Gasteiger partial charge in [-0.2, -0.15) is 0 Å². The van der Waals surface area contributed by atoms with E-state index in [1.54, 1.807) is 37.3 Å². The maximum Gasteiger partial charge on any atom is 0.352 e. The van der Waals surface area contributed by atoms with Crippen LogP contribution < -0.4 is 16.6 Å². The van der Waals surface area contributed by atoms with Crippen molar-refractivity contribution in [2.45, 2.75) is 61.1 Å². The monoisotopic (exact) mass is 517 g/mol. The third-order valence-corrected chi connectivity index (χ3v) is 6.76. The molecule has 38 heavy (non-hydrogen) atoms. The summed E-state index contributed by atoms with van der Waals surface area (Å²) >= 11 is 0. The Labute approximate surface area is 221 Å².